The lowest BCUT2D eigenvalue weighted by Gasteiger charge is -2.25. The van der Waals surface area contributed by atoms with Crippen LogP contribution < -0.4 is 4.90 Å². The minimum atomic E-state index is -0.114. The molecule has 1 N–H and O–H groups in total. The number of fused-ring (bicyclic) bond motifs is 1. The first-order valence-electron chi connectivity index (χ1n) is 7.46. The van der Waals surface area contributed by atoms with E-state index in [0.717, 1.165) is 10.9 Å². The van der Waals surface area contributed by atoms with Crippen LogP contribution >= 0.6 is 0 Å². The number of carbonyl (C=O) groups is 1. The first kappa shape index (κ1) is 15.1. The molecule has 3 aromatic rings. The van der Waals surface area contributed by atoms with Crippen LogP contribution in [0.5, 0.6) is 0 Å². The molecule has 3 heterocycles. The molecule has 1 amide bonds. The first-order valence-corrected chi connectivity index (χ1v) is 7.46. The molecule has 6 nitrogen and oxygen atoms in total. The normalized spacial score (nSPS) is 11.6. The van der Waals surface area contributed by atoms with Crippen molar-refractivity contribution in [2.24, 2.45) is 5.41 Å². The van der Waals surface area contributed by atoms with E-state index in [1.54, 1.807) is 29.7 Å². The molecule has 0 saturated carbocycles. The van der Waals surface area contributed by atoms with Gasteiger partial charge in [-0.25, -0.2) is 4.98 Å². The highest BCUT2D eigenvalue weighted by Crippen LogP contribution is 2.29. The number of aromatic nitrogens is 4. The van der Waals surface area contributed by atoms with Gasteiger partial charge in [-0.05, 0) is 23.6 Å². The van der Waals surface area contributed by atoms with Crippen molar-refractivity contribution in [1.82, 2.24) is 20.2 Å². The van der Waals surface area contributed by atoms with Gasteiger partial charge in [0.2, 0.25) is 5.91 Å². The Hall–Kier alpha value is -2.76. The zero-order valence-electron chi connectivity index (χ0n) is 13.4. The molecule has 0 atom stereocenters. The molecular formula is C17H19N5O. The number of rotatable bonds is 3. The molecule has 0 radical (unpaired) electrons. The fraction of sp³-hybridized carbons (Fsp3) is 0.294. The predicted octanol–water partition coefficient (Wildman–Crippen LogP) is 3.45. The fourth-order valence-electron chi connectivity index (χ4n) is 2.38. The summed E-state index contributed by atoms with van der Waals surface area (Å²) in [6.07, 6.45) is 7.17. The lowest BCUT2D eigenvalue weighted by molar-refractivity contribution is -0.119. The summed E-state index contributed by atoms with van der Waals surface area (Å²) in [5, 5.41) is 7.77. The standard InChI is InChI=1S/C17H19N5O/c1-17(2,3)8-16(23)22(13-5-4-6-18-10-13)15-7-12-9-20-21-14(12)11-19-15/h4-7,9-11H,8H2,1-3H3,(H,20,21). The summed E-state index contributed by atoms with van der Waals surface area (Å²) in [6.45, 7) is 6.12. The second-order valence-electron chi connectivity index (χ2n) is 6.68. The first-order chi connectivity index (χ1) is 10.9. The molecule has 3 aromatic heterocycles. The lowest BCUT2D eigenvalue weighted by atomic mass is 9.91. The number of hydrogen-bond acceptors (Lipinski definition) is 4. The third kappa shape index (κ3) is 3.36. The lowest BCUT2D eigenvalue weighted by Crippen LogP contribution is -2.30. The quantitative estimate of drug-likeness (QED) is 0.804. The number of carbonyl (C=O) groups excluding carboxylic acids is 1. The highest BCUT2D eigenvalue weighted by atomic mass is 16.2. The van der Waals surface area contributed by atoms with Crippen molar-refractivity contribution in [3.8, 4) is 0 Å². The van der Waals surface area contributed by atoms with Crippen molar-refractivity contribution >= 4 is 28.3 Å². The van der Waals surface area contributed by atoms with Gasteiger partial charge >= 0.3 is 0 Å². The summed E-state index contributed by atoms with van der Waals surface area (Å²) in [6, 6.07) is 5.52. The summed E-state index contributed by atoms with van der Waals surface area (Å²) in [5.74, 6) is 0.557. The van der Waals surface area contributed by atoms with E-state index in [9.17, 15) is 4.79 Å². The van der Waals surface area contributed by atoms with Gasteiger partial charge in [0.1, 0.15) is 5.82 Å². The molecule has 23 heavy (non-hydrogen) atoms. The monoisotopic (exact) mass is 309 g/mol. The number of amides is 1. The molecule has 0 aliphatic rings. The molecule has 0 spiro atoms. The Balaban J connectivity index is 2.05. The van der Waals surface area contributed by atoms with Gasteiger partial charge < -0.3 is 0 Å². The van der Waals surface area contributed by atoms with Crippen molar-refractivity contribution in [3.63, 3.8) is 0 Å². The maximum absolute atomic E-state index is 12.9. The number of pyridine rings is 2. The van der Waals surface area contributed by atoms with Crippen molar-refractivity contribution in [2.45, 2.75) is 27.2 Å². The van der Waals surface area contributed by atoms with E-state index in [2.05, 4.69) is 20.2 Å². The second kappa shape index (κ2) is 5.79. The minimum absolute atomic E-state index is 0.0131. The van der Waals surface area contributed by atoms with Gasteiger partial charge in [0.05, 0.1) is 29.8 Å². The van der Waals surface area contributed by atoms with Gasteiger partial charge in [0.15, 0.2) is 0 Å². The highest BCUT2D eigenvalue weighted by molar-refractivity contribution is 6.00. The molecule has 0 saturated heterocycles. The average molecular weight is 309 g/mol. The SMILES string of the molecule is CC(C)(C)CC(=O)N(c1cccnc1)c1cc2cn[nH]c2cn1. The number of anilines is 2. The van der Waals surface area contributed by atoms with Crippen LogP contribution in [-0.2, 0) is 4.79 Å². The summed E-state index contributed by atoms with van der Waals surface area (Å²) >= 11 is 0. The summed E-state index contributed by atoms with van der Waals surface area (Å²) < 4.78 is 0. The Labute approximate surface area is 134 Å². The molecule has 118 valence electrons. The van der Waals surface area contributed by atoms with Crippen molar-refractivity contribution in [2.75, 3.05) is 4.90 Å². The smallest absolute Gasteiger partial charge is 0.233 e. The molecule has 0 aliphatic carbocycles. The fourth-order valence-corrected chi connectivity index (χ4v) is 2.38. The number of nitrogens with zero attached hydrogens (tertiary/aromatic N) is 4. The van der Waals surface area contributed by atoms with Crippen LogP contribution in [0, 0.1) is 5.41 Å². The molecule has 0 bridgehead atoms. The number of aromatic amines is 1. The molecule has 3 rings (SSSR count). The Morgan fingerprint density at radius 3 is 2.78 bits per heavy atom. The maximum Gasteiger partial charge on any atom is 0.233 e. The summed E-state index contributed by atoms with van der Waals surface area (Å²) in [5.41, 5.74) is 1.43. The zero-order chi connectivity index (χ0) is 16.4. The van der Waals surface area contributed by atoms with Gasteiger partial charge in [-0.3, -0.25) is 19.8 Å². The number of H-pyrrole nitrogens is 1. The Morgan fingerprint density at radius 2 is 2.09 bits per heavy atom. The van der Waals surface area contributed by atoms with E-state index in [-0.39, 0.29) is 11.3 Å². The van der Waals surface area contributed by atoms with Crippen LogP contribution in [0.4, 0.5) is 11.5 Å². The molecule has 0 aromatic carbocycles. The van der Waals surface area contributed by atoms with Crippen LogP contribution in [0.2, 0.25) is 0 Å². The predicted molar refractivity (Wildman–Crippen MR) is 89.3 cm³/mol. The molecular weight excluding hydrogens is 290 g/mol. The minimum Gasteiger partial charge on any atom is -0.276 e. The van der Waals surface area contributed by atoms with Gasteiger partial charge in [-0.1, -0.05) is 20.8 Å². The van der Waals surface area contributed by atoms with Crippen LogP contribution in [0.3, 0.4) is 0 Å². The van der Waals surface area contributed by atoms with E-state index in [1.165, 1.54) is 0 Å². The highest BCUT2D eigenvalue weighted by Gasteiger charge is 2.25. The van der Waals surface area contributed by atoms with E-state index >= 15 is 0 Å². The summed E-state index contributed by atoms with van der Waals surface area (Å²) in [7, 11) is 0. The van der Waals surface area contributed by atoms with Crippen LogP contribution in [-0.4, -0.2) is 26.1 Å². The summed E-state index contributed by atoms with van der Waals surface area (Å²) in [4.78, 5) is 23.0. The Morgan fingerprint density at radius 1 is 1.26 bits per heavy atom. The van der Waals surface area contributed by atoms with E-state index in [4.69, 9.17) is 0 Å². The maximum atomic E-state index is 12.9. The van der Waals surface area contributed by atoms with Gasteiger partial charge in [0.25, 0.3) is 0 Å². The molecule has 0 fully saturated rings. The van der Waals surface area contributed by atoms with E-state index in [0.29, 0.717) is 17.9 Å². The third-order valence-electron chi connectivity index (χ3n) is 3.37. The Bertz CT molecular complexity index is 820. The van der Waals surface area contributed by atoms with Crippen LogP contribution in [0.1, 0.15) is 27.2 Å². The Kier molecular flexibility index (Phi) is 3.82. The zero-order valence-corrected chi connectivity index (χ0v) is 13.4. The molecule has 6 heteroatoms. The largest absolute Gasteiger partial charge is 0.276 e. The van der Waals surface area contributed by atoms with Gasteiger partial charge in [-0.2, -0.15) is 5.10 Å². The van der Waals surface area contributed by atoms with Gasteiger partial charge in [0, 0.05) is 18.0 Å². The molecule has 0 aliphatic heterocycles. The van der Waals surface area contributed by atoms with Crippen molar-refractivity contribution in [1.29, 1.82) is 0 Å². The van der Waals surface area contributed by atoms with Crippen LogP contribution in [0.15, 0.2) is 43.0 Å². The topological polar surface area (TPSA) is 74.8 Å². The third-order valence-corrected chi connectivity index (χ3v) is 3.37. The molecule has 0 unspecified atom stereocenters. The van der Waals surface area contributed by atoms with Crippen LogP contribution in [0.25, 0.3) is 10.9 Å². The van der Waals surface area contributed by atoms with Crippen molar-refractivity contribution in [3.05, 3.63) is 43.0 Å². The van der Waals surface area contributed by atoms with E-state index < -0.39 is 0 Å². The van der Waals surface area contributed by atoms with E-state index in [1.807, 2.05) is 39.0 Å². The van der Waals surface area contributed by atoms with Gasteiger partial charge in [-0.15, -0.1) is 0 Å². The number of nitrogens with one attached hydrogen (secondary N) is 1. The second-order valence-corrected chi connectivity index (χ2v) is 6.68. The number of hydrogen-bond donors (Lipinski definition) is 1. The average Bonchev–Trinajstić information content (AvgIpc) is 2.94. The van der Waals surface area contributed by atoms with Crippen molar-refractivity contribution < 1.29 is 4.79 Å².